The maximum Gasteiger partial charge on any atom is 0.223 e. The number of aromatic amines is 1. The van der Waals surface area contributed by atoms with E-state index in [4.69, 9.17) is 4.74 Å². The Morgan fingerprint density at radius 2 is 1.79 bits per heavy atom. The van der Waals surface area contributed by atoms with Crippen LogP contribution in [0.1, 0.15) is 35.4 Å². The maximum absolute atomic E-state index is 12.7. The van der Waals surface area contributed by atoms with Crippen molar-refractivity contribution in [2.75, 3.05) is 19.7 Å². The van der Waals surface area contributed by atoms with Crippen LogP contribution < -0.4 is 0 Å². The van der Waals surface area contributed by atoms with E-state index in [1.54, 1.807) is 6.20 Å². The number of nitrogens with zero attached hydrogens (tertiary/aromatic N) is 2. The highest BCUT2D eigenvalue weighted by Gasteiger charge is 2.27. The number of aromatic nitrogens is 2. The van der Waals surface area contributed by atoms with Crippen LogP contribution in [0.5, 0.6) is 0 Å². The van der Waals surface area contributed by atoms with Crippen molar-refractivity contribution in [2.24, 2.45) is 0 Å². The number of hydrogen-bond acceptors (Lipinski definition) is 3. The molecule has 150 valence electrons. The van der Waals surface area contributed by atoms with Crippen LogP contribution in [0.4, 0.5) is 0 Å². The first kappa shape index (κ1) is 19.4. The Labute approximate surface area is 171 Å². The van der Waals surface area contributed by atoms with Gasteiger partial charge in [0.1, 0.15) is 0 Å². The maximum atomic E-state index is 12.7. The van der Waals surface area contributed by atoms with Crippen LogP contribution in [0.15, 0.2) is 73.1 Å². The van der Waals surface area contributed by atoms with Gasteiger partial charge in [0.05, 0.1) is 18.9 Å². The van der Waals surface area contributed by atoms with Gasteiger partial charge < -0.3 is 9.64 Å². The van der Waals surface area contributed by atoms with Gasteiger partial charge in [-0.3, -0.25) is 9.89 Å². The molecule has 0 spiro atoms. The Hall–Kier alpha value is -2.92. The molecule has 5 heteroatoms. The van der Waals surface area contributed by atoms with Crippen LogP contribution >= 0.6 is 0 Å². The first-order valence-electron chi connectivity index (χ1n) is 10.3. The van der Waals surface area contributed by atoms with Crippen LogP contribution in [0.3, 0.4) is 0 Å². The first-order chi connectivity index (χ1) is 14.3. The number of nitrogens with one attached hydrogen (secondary N) is 1. The molecule has 3 aromatic rings. The lowest BCUT2D eigenvalue weighted by molar-refractivity contribution is -0.139. The van der Waals surface area contributed by atoms with E-state index in [0.717, 1.165) is 12.0 Å². The molecule has 1 aliphatic rings. The molecule has 0 bridgehead atoms. The van der Waals surface area contributed by atoms with E-state index < -0.39 is 0 Å². The number of aryl methyl sites for hydroxylation is 1. The average molecular weight is 389 g/mol. The van der Waals surface area contributed by atoms with Gasteiger partial charge in [-0.25, -0.2) is 0 Å². The summed E-state index contributed by atoms with van der Waals surface area (Å²) in [5, 5.41) is 6.74. The summed E-state index contributed by atoms with van der Waals surface area (Å²) in [6, 6.07) is 21.1. The molecule has 5 nitrogen and oxygen atoms in total. The van der Waals surface area contributed by atoms with E-state index in [-0.39, 0.29) is 17.9 Å². The minimum absolute atomic E-state index is 0.0343. The van der Waals surface area contributed by atoms with Gasteiger partial charge in [0.15, 0.2) is 0 Å². The summed E-state index contributed by atoms with van der Waals surface area (Å²) < 4.78 is 6.07. The van der Waals surface area contributed by atoms with Gasteiger partial charge in [-0.2, -0.15) is 5.10 Å². The Morgan fingerprint density at radius 3 is 2.41 bits per heavy atom. The molecule has 29 heavy (non-hydrogen) atoms. The molecule has 0 unspecified atom stereocenters. The van der Waals surface area contributed by atoms with Crippen molar-refractivity contribution in [3.63, 3.8) is 0 Å². The number of rotatable bonds is 7. The van der Waals surface area contributed by atoms with E-state index in [0.29, 0.717) is 32.5 Å². The second kappa shape index (κ2) is 9.52. The third kappa shape index (κ3) is 5.12. The zero-order valence-electron chi connectivity index (χ0n) is 16.5. The summed E-state index contributed by atoms with van der Waals surface area (Å²) in [5.41, 5.74) is 3.63. The molecule has 1 saturated heterocycles. The van der Waals surface area contributed by atoms with Crippen molar-refractivity contribution >= 4 is 5.91 Å². The van der Waals surface area contributed by atoms with Crippen molar-refractivity contribution in [3.05, 3.63) is 89.7 Å². The molecule has 2 aromatic carbocycles. The Kier molecular flexibility index (Phi) is 6.37. The molecule has 0 radical (unpaired) electrons. The first-order valence-corrected chi connectivity index (χ1v) is 10.3. The van der Waals surface area contributed by atoms with Crippen molar-refractivity contribution in [1.29, 1.82) is 0 Å². The predicted octanol–water partition coefficient (Wildman–Crippen LogP) is 3.79. The van der Waals surface area contributed by atoms with Gasteiger partial charge in [0.25, 0.3) is 0 Å². The zero-order valence-corrected chi connectivity index (χ0v) is 16.5. The van der Waals surface area contributed by atoms with Crippen molar-refractivity contribution < 1.29 is 9.53 Å². The molecule has 0 aliphatic carbocycles. The fraction of sp³-hybridized carbons (Fsp3) is 0.333. The van der Waals surface area contributed by atoms with Crippen molar-refractivity contribution in [2.45, 2.75) is 31.3 Å². The number of hydrogen-bond donors (Lipinski definition) is 1. The van der Waals surface area contributed by atoms with Crippen molar-refractivity contribution in [3.8, 4) is 0 Å². The second-order valence-corrected chi connectivity index (χ2v) is 7.55. The SMILES string of the molecule is O=C(CCc1cn[nH]c1)N1CCO[C@H](CC(c2ccccc2)c2ccccc2)C1. The molecule has 1 fully saturated rings. The normalized spacial score (nSPS) is 16.9. The molecule has 1 aromatic heterocycles. The number of H-pyrrole nitrogens is 1. The molecular formula is C24H27N3O2. The fourth-order valence-electron chi connectivity index (χ4n) is 4.01. The standard InChI is InChI=1S/C24H27N3O2/c28-24(12-11-19-16-25-26-17-19)27-13-14-29-22(18-27)15-23(20-7-3-1-4-8-20)21-9-5-2-6-10-21/h1-10,16-17,22-23H,11-15,18H2,(H,25,26)/t22-/m1/s1. The second-order valence-electron chi connectivity index (χ2n) is 7.55. The Bertz CT molecular complexity index is 842. The minimum Gasteiger partial charge on any atom is -0.375 e. The molecule has 2 heterocycles. The molecule has 1 N–H and O–H groups in total. The zero-order chi connectivity index (χ0) is 19.9. The Balaban J connectivity index is 1.42. The number of benzene rings is 2. The molecule has 4 rings (SSSR count). The summed E-state index contributed by atoms with van der Waals surface area (Å²) in [6.45, 7) is 1.92. The van der Waals surface area contributed by atoms with E-state index in [2.05, 4.69) is 58.7 Å². The van der Waals surface area contributed by atoms with Gasteiger partial charge >= 0.3 is 0 Å². The Morgan fingerprint density at radius 1 is 1.10 bits per heavy atom. The number of morpholine rings is 1. The lowest BCUT2D eigenvalue weighted by atomic mass is 9.86. The predicted molar refractivity (Wildman–Crippen MR) is 113 cm³/mol. The molecule has 1 atom stereocenters. The van der Waals surface area contributed by atoms with Gasteiger partial charge in [0, 0.05) is 31.6 Å². The van der Waals surface area contributed by atoms with E-state index in [1.807, 2.05) is 23.2 Å². The van der Waals surface area contributed by atoms with Gasteiger partial charge in [-0.05, 0) is 29.5 Å². The fourth-order valence-corrected chi connectivity index (χ4v) is 4.01. The lowest BCUT2D eigenvalue weighted by Gasteiger charge is -2.35. The van der Waals surface area contributed by atoms with E-state index in [9.17, 15) is 4.79 Å². The average Bonchev–Trinajstić information content (AvgIpc) is 3.31. The molecular weight excluding hydrogens is 362 g/mol. The topological polar surface area (TPSA) is 58.2 Å². The van der Waals surface area contributed by atoms with Crippen LogP contribution in [-0.4, -0.2) is 46.8 Å². The van der Waals surface area contributed by atoms with Gasteiger partial charge in [-0.1, -0.05) is 60.7 Å². The van der Waals surface area contributed by atoms with Crippen molar-refractivity contribution in [1.82, 2.24) is 15.1 Å². The number of carbonyl (C=O) groups excluding carboxylic acids is 1. The monoisotopic (exact) mass is 389 g/mol. The quantitative estimate of drug-likeness (QED) is 0.669. The molecule has 0 saturated carbocycles. The van der Waals surface area contributed by atoms with Crippen LogP contribution in [0.25, 0.3) is 0 Å². The highest BCUT2D eigenvalue weighted by atomic mass is 16.5. The molecule has 1 amide bonds. The highest BCUT2D eigenvalue weighted by molar-refractivity contribution is 5.76. The van der Waals surface area contributed by atoms with Crippen LogP contribution in [0, 0.1) is 0 Å². The summed E-state index contributed by atoms with van der Waals surface area (Å²) in [5.74, 6) is 0.443. The third-order valence-electron chi connectivity index (χ3n) is 5.58. The summed E-state index contributed by atoms with van der Waals surface area (Å²) >= 11 is 0. The van der Waals surface area contributed by atoms with Gasteiger partial charge in [-0.15, -0.1) is 0 Å². The lowest BCUT2D eigenvalue weighted by Crippen LogP contribution is -2.46. The van der Waals surface area contributed by atoms with E-state index >= 15 is 0 Å². The largest absolute Gasteiger partial charge is 0.375 e. The van der Waals surface area contributed by atoms with Crippen LogP contribution in [-0.2, 0) is 16.0 Å². The smallest absolute Gasteiger partial charge is 0.223 e. The summed E-state index contributed by atoms with van der Waals surface area (Å²) in [7, 11) is 0. The number of ether oxygens (including phenoxy) is 1. The number of amides is 1. The van der Waals surface area contributed by atoms with E-state index in [1.165, 1.54) is 11.1 Å². The minimum atomic E-state index is 0.0343. The molecule has 1 aliphatic heterocycles. The third-order valence-corrected chi connectivity index (χ3v) is 5.58. The number of carbonyl (C=O) groups is 1. The highest BCUT2D eigenvalue weighted by Crippen LogP contribution is 2.31. The van der Waals surface area contributed by atoms with Gasteiger partial charge in [0.2, 0.25) is 5.91 Å². The van der Waals surface area contributed by atoms with Crippen LogP contribution in [0.2, 0.25) is 0 Å². The summed E-state index contributed by atoms with van der Waals surface area (Å²) in [4.78, 5) is 14.7. The summed E-state index contributed by atoms with van der Waals surface area (Å²) in [6.07, 6.45) is 5.74.